The van der Waals surface area contributed by atoms with Crippen LogP contribution in [-0.4, -0.2) is 14.7 Å². The Morgan fingerprint density at radius 2 is 1.85 bits per heavy atom. The maximum Gasteiger partial charge on any atom is 0.116 e. The summed E-state index contributed by atoms with van der Waals surface area (Å²) in [5.41, 5.74) is 2.54. The molecule has 20 heavy (non-hydrogen) atoms. The van der Waals surface area contributed by atoms with Crippen molar-refractivity contribution < 1.29 is 5.11 Å². The summed E-state index contributed by atoms with van der Waals surface area (Å²) in [5, 5.41) is 10.6. The summed E-state index contributed by atoms with van der Waals surface area (Å²) in [6, 6.07) is 11.7. The Balaban J connectivity index is 1.58. The monoisotopic (exact) mass is 266 g/mol. The molecule has 0 saturated heterocycles. The minimum absolute atomic E-state index is 0.327. The molecule has 3 heteroatoms. The molecule has 3 nitrogen and oxygen atoms in total. The molecule has 0 spiro atoms. The number of phenols is 1. The van der Waals surface area contributed by atoms with E-state index in [0.717, 1.165) is 24.8 Å². The molecule has 0 radical (unpaired) electrons. The maximum absolute atomic E-state index is 9.47. The van der Waals surface area contributed by atoms with E-state index in [9.17, 15) is 5.11 Å². The highest BCUT2D eigenvalue weighted by atomic mass is 16.3. The number of benzene rings is 1. The van der Waals surface area contributed by atoms with Gasteiger partial charge in [-0.3, -0.25) is 4.98 Å². The topological polar surface area (TPSA) is 38.0 Å². The maximum atomic E-state index is 9.47. The van der Waals surface area contributed by atoms with Crippen molar-refractivity contribution in [2.75, 3.05) is 0 Å². The molecule has 0 atom stereocenters. The third-order valence-corrected chi connectivity index (χ3v) is 3.62. The number of nitrogens with zero attached hydrogens (tertiary/aromatic N) is 2. The summed E-state index contributed by atoms with van der Waals surface area (Å²) in [7, 11) is 0. The highest BCUT2D eigenvalue weighted by molar-refractivity contribution is 5.81. The highest BCUT2D eigenvalue weighted by Crippen LogP contribution is 2.21. The number of aromatic nitrogens is 2. The summed E-state index contributed by atoms with van der Waals surface area (Å²) < 4.78 is 2.25. The first kappa shape index (κ1) is 12.7. The average molecular weight is 266 g/mol. The lowest BCUT2D eigenvalue weighted by Gasteiger charge is -2.06. The molecule has 0 aliphatic heterocycles. The molecule has 0 amide bonds. The van der Waals surface area contributed by atoms with Crippen molar-refractivity contribution in [3.8, 4) is 5.75 Å². The van der Waals surface area contributed by atoms with Gasteiger partial charge in [0.15, 0.2) is 0 Å². The molecular weight excluding hydrogens is 248 g/mol. The van der Waals surface area contributed by atoms with Gasteiger partial charge in [0.05, 0.1) is 0 Å². The SMILES string of the molecule is Oc1ccc2c(ccn2CCCCc2ccncc2)c1. The molecule has 1 aromatic carbocycles. The Hall–Kier alpha value is -2.29. The van der Waals surface area contributed by atoms with Crippen molar-refractivity contribution >= 4 is 10.9 Å². The summed E-state index contributed by atoms with van der Waals surface area (Å²) in [6.07, 6.45) is 9.20. The highest BCUT2D eigenvalue weighted by Gasteiger charge is 2.01. The number of unbranched alkanes of at least 4 members (excludes halogenated alkanes) is 1. The van der Waals surface area contributed by atoms with Crippen molar-refractivity contribution in [3.05, 3.63) is 60.6 Å². The van der Waals surface area contributed by atoms with Crippen LogP contribution in [0.1, 0.15) is 18.4 Å². The zero-order chi connectivity index (χ0) is 13.8. The first-order chi connectivity index (χ1) is 9.83. The van der Waals surface area contributed by atoms with Crippen LogP contribution in [0, 0.1) is 0 Å². The normalized spacial score (nSPS) is 11.0. The van der Waals surface area contributed by atoms with Gasteiger partial charge in [-0.05, 0) is 61.2 Å². The zero-order valence-corrected chi connectivity index (χ0v) is 11.4. The van der Waals surface area contributed by atoms with Crippen LogP contribution >= 0.6 is 0 Å². The molecule has 102 valence electrons. The fourth-order valence-electron chi connectivity index (χ4n) is 2.54. The zero-order valence-electron chi connectivity index (χ0n) is 11.4. The standard InChI is InChI=1S/C17H18N2O/c20-16-4-5-17-15(13-16)8-12-19(17)11-2-1-3-14-6-9-18-10-7-14/h4-10,12-13,20H,1-3,11H2. The van der Waals surface area contributed by atoms with E-state index >= 15 is 0 Å². The van der Waals surface area contributed by atoms with Gasteiger partial charge in [-0.25, -0.2) is 0 Å². The van der Waals surface area contributed by atoms with E-state index in [-0.39, 0.29) is 0 Å². The molecule has 3 aromatic rings. The first-order valence-corrected chi connectivity index (χ1v) is 7.00. The second kappa shape index (κ2) is 5.78. The fourth-order valence-corrected chi connectivity index (χ4v) is 2.54. The second-order valence-corrected chi connectivity index (χ2v) is 5.06. The van der Waals surface area contributed by atoms with E-state index in [1.807, 2.05) is 24.5 Å². The smallest absolute Gasteiger partial charge is 0.116 e. The van der Waals surface area contributed by atoms with E-state index < -0.39 is 0 Å². The Labute approximate surface area is 118 Å². The number of aryl methyl sites for hydroxylation is 2. The number of hydrogen-bond acceptors (Lipinski definition) is 2. The number of rotatable bonds is 5. The molecule has 0 unspecified atom stereocenters. The van der Waals surface area contributed by atoms with Crippen LogP contribution in [0.3, 0.4) is 0 Å². The third kappa shape index (κ3) is 2.82. The lowest BCUT2D eigenvalue weighted by atomic mass is 10.1. The fraction of sp³-hybridized carbons (Fsp3) is 0.235. The largest absolute Gasteiger partial charge is 0.508 e. The molecule has 2 aromatic heterocycles. The minimum atomic E-state index is 0.327. The van der Waals surface area contributed by atoms with Crippen molar-refractivity contribution in [2.24, 2.45) is 0 Å². The molecule has 1 N–H and O–H groups in total. The summed E-state index contributed by atoms with van der Waals surface area (Å²) in [5.74, 6) is 0.327. The van der Waals surface area contributed by atoms with Crippen molar-refractivity contribution in [1.82, 2.24) is 9.55 Å². The van der Waals surface area contributed by atoms with E-state index in [2.05, 4.69) is 33.9 Å². The number of fused-ring (bicyclic) bond motifs is 1. The van der Waals surface area contributed by atoms with Gasteiger partial charge in [0.1, 0.15) is 5.75 Å². The van der Waals surface area contributed by atoms with Crippen LogP contribution in [0.15, 0.2) is 55.0 Å². The quantitative estimate of drug-likeness (QED) is 0.714. The lowest BCUT2D eigenvalue weighted by molar-refractivity contribution is 0.476. The van der Waals surface area contributed by atoms with Gasteiger partial charge in [-0.15, -0.1) is 0 Å². The van der Waals surface area contributed by atoms with Gasteiger partial charge in [-0.1, -0.05) is 0 Å². The van der Waals surface area contributed by atoms with Gasteiger partial charge in [0.2, 0.25) is 0 Å². The lowest BCUT2D eigenvalue weighted by Crippen LogP contribution is -1.97. The Morgan fingerprint density at radius 3 is 2.70 bits per heavy atom. The molecule has 0 aliphatic rings. The summed E-state index contributed by atoms with van der Waals surface area (Å²) in [6.45, 7) is 1.01. The van der Waals surface area contributed by atoms with Crippen LogP contribution in [-0.2, 0) is 13.0 Å². The van der Waals surface area contributed by atoms with Crippen LogP contribution in [0.2, 0.25) is 0 Å². The van der Waals surface area contributed by atoms with Gasteiger partial charge < -0.3 is 9.67 Å². The molecule has 0 saturated carbocycles. The number of aromatic hydroxyl groups is 1. The van der Waals surface area contributed by atoms with Crippen LogP contribution < -0.4 is 0 Å². The Bertz CT molecular complexity index is 689. The molecular formula is C17H18N2O. The van der Waals surface area contributed by atoms with Gasteiger partial charge in [0.25, 0.3) is 0 Å². The summed E-state index contributed by atoms with van der Waals surface area (Å²) in [4.78, 5) is 4.03. The molecule has 3 rings (SSSR count). The van der Waals surface area contributed by atoms with Gasteiger partial charge in [0, 0.05) is 36.0 Å². The van der Waals surface area contributed by atoms with Crippen molar-refractivity contribution in [1.29, 1.82) is 0 Å². The third-order valence-electron chi connectivity index (χ3n) is 3.62. The number of hydrogen-bond donors (Lipinski definition) is 1. The van der Waals surface area contributed by atoms with Gasteiger partial charge >= 0.3 is 0 Å². The predicted molar refractivity (Wildman–Crippen MR) is 80.8 cm³/mol. The van der Waals surface area contributed by atoms with Crippen LogP contribution in [0.5, 0.6) is 5.75 Å². The molecule has 0 fully saturated rings. The summed E-state index contributed by atoms with van der Waals surface area (Å²) >= 11 is 0. The molecule has 0 bridgehead atoms. The first-order valence-electron chi connectivity index (χ1n) is 7.00. The van der Waals surface area contributed by atoms with E-state index in [1.165, 1.54) is 17.5 Å². The van der Waals surface area contributed by atoms with Crippen LogP contribution in [0.25, 0.3) is 10.9 Å². The average Bonchev–Trinajstić information content (AvgIpc) is 2.87. The Morgan fingerprint density at radius 1 is 1.00 bits per heavy atom. The Kier molecular flexibility index (Phi) is 3.68. The van der Waals surface area contributed by atoms with Crippen LogP contribution in [0.4, 0.5) is 0 Å². The molecule has 2 heterocycles. The number of phenolic OH excluding ortho intramolecular Hbond substituents is 1. The number of pyridine rings is 1. The molecule has 0 aliphatic carbocycles. The minimum Gasteiger partial charge on any atom is -0.508 e. The predicted octanol–water partition coefficient (Wildman–Crippen LogP) is 3.76. The van der Waals surface area contributed by atoms with E-state index in [4.69, 9.17) is 0 Å². The van der Waals surface area contributed by atoms with Crippen molar-refractivity contribution in [3.63, 3.8) is 0 Å². The second-order valence-electron chi connectivity index (χ2n) is 5.06. The van der Waals surface area contributed by atoms with Crippen molar-refractivity contribution in [2.45, 2.75) is 25.8 Å². The van der Waals surface area contributed by atoms with Gasteiger partial charge in [-0.2, -0.15) is 0 Å². The van der Waals surface area contributed by atoms with E-state index in [1.54, 1.807) is 6.07 Å². The van der Waals surface area contributed by atoms with E-state index in [0.29, 0.717) is 5.75 Å².